The van der Waals surface area contributed by atoms with Crippen molar-refractivity contribution < 1.29 is 0 Å². The standard InChI is InChI=1S/C19H14N4/c1(15-5-9-20-10-6-15)2-16-3-4-19(22-13-16)23-12-8-17-7-11-21-14-18(17)23/h1-14H/b2-1+. The van der Waals surface area contributed by atoms with Crippen molar-refractivity contribution in [2.45, 2.75) is 0 Å². The minimum atomic E-state index is 0.883. The zero-order chi connectivity index (χ0) is 15.5. The highest BCUT2D eigenvalue weighted by molar-refractivity contribution is 5.80. The summed E-state index contributed by atoms with van der Waals surface area (Å²) in [5.74, 6) is 0.883. The first-order valence-corrected chi connectivity index (χ1v) is 7.36. The van der Waals surface area contributed by atoms with Gasteiger partial charge in [-0.05, 0) is 47.5 Å². The summed E-state index contributed by atoms with van der Waals surface area (Å²) >= 11 is 0. The van der Waals surface area contributed by atoms with Crippen LogP contribution < -0.4 is 0 Å². The number of rotatable bonds is 3. The second kappa shape index (κ2) is 5.85. The van der Waals surface area contributed by atoms with Gasteiger partial charge in [-0.15, -0.1) is 0 Å². The average Bonchev–Trinajstić information content (AvgIpc) is 3.05. The highest BCUT2D eigenvalue weighted by Gasteiger charge is 2.03. The molecular weight excluding hydrogens is 284 g/mol. The first-order valence-electron chi connectivity index (χ1n) is 7.36. The molecule has 0 atom stereocenters. The maximum atomic E-state index is 4.56. The maximum Gasteiger partial charge on any atom is 0.137 e. The SMILES string of the molecule is C(=C\c1ccc(-n2ccc3ccncc32)nc1)/c1ccncc1. The fourth-order valence-corrected chi connectivity index (χ4v) is 2.48. The van der Waals surface area contributed by atoms with Crippen LogP contribution in [-0.2, 0) is 0 Å². The fraction of sp³-hybridized carbons (Fsp3) is 0. The number of pyridine rings is 3. The van der Waals surface area contributed by atoms with Crippen LogP contribution >= 0.6 is 0 Å². The molecule has 0 aliphatic rings. The average molecular weight is 298 g/mol. The molecule has 4 rings (SSSR count). The van der Waals surface area contributed by atoms with Gasteiger partial charge >= 0.3 is 0 Å². The van der Waals surface area contributed by atoms with Crippen LogP contribution in [0.15, 0.2) is 73.6 Å². The Bertz CT molecular complexity index is 954. The van der Waals surface area contributed by atoms with Gasteiger partial charge in [-0.25, -0.2) is 4.98 Å². The molecule has 23 heavy (non-hydrogen) atoms. The van der Waals surface area contributed by atoms with Crippen LogP contribution in [0.25, 0.3) is 28.9 Å². The van der Waals surface area contributed by atoms with Crippen LogP contribution in [0.4, 0.5) is 0 Å². The van der Waals surface area contributed by atoms with Gasteiger partial charge in [0.2, 0.25) is 0 Å². The van der Waals surface area contributed by atoms with E-state index in [0.29, 0.717) is 0 Å². The summed E-state index contributed by atoms with van der Waals surface area (Å²) in [4.78, 5) is 12.8. The van der Waals surface area contributed by atoms with Crippen LogP contribution in [0.1, 0.15) is 11.1 Å². The largest absolute Gasteiger partial charge is 0.300 e. The van der Waals surface area contributed by atoms with E-state index in [0.717, 1.165) is 27.8 Å². The molecule has 0 N–H and O–H groups in total. The van der Waals surface area contributed by atoms with Gasteiger partial charge in [0.05, 0.1) is 11.7 Å². The summed E-state index contributed by atoms with van der Waals surface area (Å²) in [5, 5.41) is 1.16. The summed E-state index contributed by atoms with van der Waals surface area (Å²) in [6.07, 6.45) is 15.2. The van der Waals surface area contributed by atoms with E-state index in [1.54, 1.807) is 18.6 Å². The quantitative estimate of drug-likeness (QED) is 0.574. The van der Waals surface area contributed by atoms with Gasteiger partial charge in [0.25, 0.3) is 0 Å². The molecule has 0 spiro atoms. The molecule has 0 aliphatic carbocycles. The summed E-state index contributed by atoms with van der Waals surface area (Å²) in [5.41, 5.74) is 3.23. The van der Waals surface area contributed by atoms with E-state index in [4.69, 9.17) is 0 Å². The zero-order valence-corrected chi connectivity index (χ0v) is 12.4. The second-order valence-corrected chi connectivity index (χ2v) is 5.18. The molecule has 0 aromatic carbocycles. The highest BCUT2D eigenvalue weighted by atomic mass is 15.1. The Kier molecular flexibility index (Phi) is 3.41. The van der Waals surface area contributed by atoms with Crippen molar-refractivity contribution >= 4 is 23.1 Å². The molecular formula is C19H14N4. The zero-order valence-electron chi connectivity index (χ0n) is 12.4. The predicted octanol–water partition coefficient (Wildman–Crippen LogP) is 3.99. The Morgan fingerprint density at radius 1 is 0.739 bits per heavy atom. The molecule has 4 heterocycles. The molecule has 0 fully saturated rings. The van der Waals surface area contributed by atoms with Crippen molar-refractivity contribution in [1.29, 1.82) is 0 Å². The predicted molar refractivity (Wildman–Crippen MR) is 92.0 cm³/mol. The first kappa shape index (κ1) is 13.4. The number of hydrogen-bond acceptors (Lipinski definition) is 3. The summed E-state index contributed by atoms with van der Waals surface area (Å²) in [7, 11) is 0. The van der Waals surface area contributed by atoms with Crippen LogP contribution in [0.3, 0.4) is 0 Å². The van der Waals surface area contributed by atoms with Gasteiger partial charge in [0.15, 0.2) is 0 Å². The third kappa shape index (κ3) is 2.74. The van der Waals surface area contributed by atoms with E-state index in [-0.39, 0.29) is 0 Å². The Labute approximate surface area is 133 Å². The van der Waals surface area contributed by atoms with Crippen molar-refractivity contribution in [1.82, 2.24) is 19.5 Å². The van der Waals surface area contributed by atoms with Crippen LogP contribution in [0, 0.1) is 0 Å². The first-order chi connectivity index (χ1) is 11.4. The van der Waals surface area contributed by atoms with Gasteiger partial charge in [0, 0.05) is 36.4 Å². The lowest BCUT2D eigenvalue weighted by molar-refractivity contribution is 1.04. The van der Waals surface area contributed by atoms with Gasteiger partial charge in [-0.1, -0.05) is 12.2 Å². The number of aromatic nitrogens is 4. The smallest absolute Gasteiger partial charge is 0.137 e. The highest BCUT2D eigenvalue weighted by Crippen LogP contribution is 2.18. The van der Waals surface area contributed by atoms with Crippen LogP contribution in [0.2, 0.25) is 0 Å². The van der Waals surface area contributed by atoms with E-state index in [9.17, 15) is 0 Å². The Morgan fingerprint density at radius 3 is 2.39 bits per heavy atom. The normalized spacial score (nSPS) is 11.3. The summed E-state index contributed by atoms with van der Waals surface area (Å²) < 4.78 is 2.04. The number of hydrogen-bond donors (Lipinski definition) is 0. The Morgan fingerprint density at radius 2 is 1.57 bits per heavy atom. The van der Waals surface area contributed by atoms with Crippen molar-refractivity contribution in [3.05, 3.63) is 84.7 Å². The van der Waals surface area contributed by atoms with Gasteiger partial charge in [-0.3, -0.25) is 14.5 Å². The maximum absolute atomic E-state index is 4.56. The molecule has 4 aromatic heterocycles. The number of fused-ring (bicyclic) bond motifs is 1. The van der Waals surface area contributed by atoms with Gasteiger partial charge in [0.1, 0.15) is 5.82 Å². The summed E-state index contributed by atoms with van der Waals surface area (Å²) in [6.45, 7) is 0. The van der Waals surface area contributed by atoms with E-state index in [2.05, 4.69) is 27.1 Å². The third-order valence-corrected chi connectivity index (χ3v) is 3.69. The minimum absolute atomic E-state index is 0.883. The van der Waals surface area contributed by atoms with E-state index in [1.807, 2.05) is 59.6 Å². The topological polar surface area (TPSA) is 43.6 Å². The molecule has 0 unspecified atom stereocenters. The van der Waals surface area contributed by atoms with Gasteiger partial charge in [-0.2, -0.15) is 0 Å². The van der Waals surface area contributed by atoms with Crippen molar-refractivity contribution in [3.63, 3.8) is 0 Å². The van der Waals surface area contributed by atoms with E-state index in [1.165, 1.54) is 0 Å². The molecule has 0 saturated carbocycles. The fourth-order valence-electron chi connectivity index (χ4n) is 2.48. The van der Waals surface area contributed by atoms with Crippen LogP contribution in [-0.4, -0.2) is 19.5 Å². The molecule has 0 radical (unpaired) electrons. The minimum Gasteiger partial charge on any atom is -0.300 e. The molecule has 4 heteroatoms. The molecule has 4 nitrogen and oxygen atoms in total. The Hall–Kier alpha value is -3.27. The van der Waals surface area contributed by atoms with Crippen molar-refractivity contribution in [2.24, 2.45) is 0 Å². The summed E-state index contributed by atoms with van der Waals surface area (Å²) in [6, 6.07) is 12.1. The second-order valence-electron chi connectivity index (χ2n) is 5.18. The lowest BCUT2D eigenvalue weighted by Gasteiger charge is -2.04. The van der Waals surface area contributed by atoms with E-state index >= 15 is 0 Å². The lowest BCUT2D eigenvalue weighted by Crippen LogP contribution is -1.95. The molecule has 0 bridgehead atoms. The molecule has 0 aliphatic heterocycles. The number of nitrogens with zero attached hydrogens (tertiary/aromatic N) is 4. The van der Waals surface area contributed by atoms with Gasteiger partial charge < -0.3 is 0 Å². The monoisotopic (exact) mass is 298 g/mol. The molecule has 0 saturated heterocycles. The lowest BCUT2D eigenvalue weighted by atomic mass is 10.2. The van der Waals surface area contributed by atoms with Crippen LogP contribution in [0.5, 0.6) is 0 Å². The molecule has 110 valence electrons. The van der Waals surface area contributed by atoms with Crippen molar-refractivity contribution in [3.8, 4) is 5.82 Å². The molecule has 4 aromatic rings. The van der Waals surface area contributed by atoms with Crippen molar-refractivity contribution in [2.75, 3.05) is 0 Å². The van der Waals surface area contributed by atoms with E-state index < -0.39 is 0 Å². The molecule has 0 amide bonds. The Balaban J connectivity index is 1.62. The third-order valence-electron chi connectivity index (χ3n) is 3.69.